The number of nitrogens with one attached hydrogen (secondary N) is 2. The second kappa shape index (κ2) is 10.2. The molecule has 0 spiro atoms. The molecule has 5 nitrogen and oxygen atoms in total. The molecule has 5 heteroatoms. The number of anilines is 1. The Morgan fingerprint density at radius 3 is 2.71 bits per heavy atom. The number of hydrogen-bond acceptors (Lipinski definition) is 4. The van der Waals surface area contributed by atoms with Crippen molar-refractivity contribution in [2.45, 2.75) is 39.5 Å². The van der Waals surface area contributed by atoms with E-state index in [1.165, 1.54) is 0 Å². The molecule has 118 valence electrons. The number of aryl methyl sites for hydroxylation is 1. The summed E-state index contributed by atoms with van der Waals surface area (Å²) >= 11 is 0. The second-order valence-electron chi connectivity index (χ2n) is 4.97. The first-order valence-corrected chi connectivity index (χ1v) is 7.73. The van der Waals surface area contributed by atoms with Gasteiger partial charge in [0.05, 0.1) is 0 Å². The zero-order chi connectivity index (χ0) is 15.5. The third-order valence-corrected chi connectivity index (χ3v) is 3.12. The minimum atomic E-state index is -0.0379. The quantitative estimate of drug-likeness (QED) is 0.651. The van der Waals surface area contributed by atoms with Gasteiger partial charge in [-0.1, -0.05) is 13.8 Å². The predicted molar refractivity (Wildman–Crippen MR) is 85.8 cm³/mol. The van der Waals surface area contributed by atoms with Gasteiger partial charge in [-0.15, -0.1) is 0 Å². The van der Waals surface area contributed by atoms with Crippen molar-refractivity contribution >= 4 is 11.7 Å². The lowest BCUT2D eigenvalue weighted by molar-refractivity contribution is 0.0951. The standard InChI is InChI=1S/C16H27N3O2/c1-4-8-17-15-12-13(11-14(5-2)19-15)16(20)18-9-6-7-10-21-3/h11-12H,4-10H2,1-3H3,(H,17,19)(H,18,20). The normalized spacial score (nSPS) is 10.4. The minimum Gasteiger partial charge on any atom is -0.385 e. The zero-order valence-corrected chi connectivity index (χ0v) is 13.4. The fourth-order valence-corrected chi connectivity index (χ4v) is 1.92. The van der Waals surface area contributed by atoms with Gasteiger partial charge in [0.1, 0.15) is 5.82 Å². The van der Waals surface area contributed by atoms with Crippen LogP contribution in [0.2, 0.25) is 0 Å². The fourth-order valence-electron chi connectivity index (χ4n) is 1.92. The van der Waals surface area contributed by atoms with E-state index in [0.29, 0.717) is 12.1 Å². The van der Waals surface area contributed by atoms with E-state index < -0.39 is 0 Å². The maximum absolute atomic E-state index is 12.2. The lowest BCUT2D eigenvalue weighted by Gasteiger charge is -2.10. The monoisotopic (exact) mass is 293 g/mol. The molecule has 0 aliphatic heterocycles. The highest BCUT2D eigenvalue weighted by Gasteiger charge is 2.09. The maximum Gasteiger partial charge on any atom is 0.251 e. The van der Waals surface area contributed by atoms with E-state index in [-0.39, 0.29) is 5.91 Å². The third-order valence-electron chi connectivity index (χ3n) is 3.12. The third kappa shape index (κ3) is 6.58. The molecule has 0 aromatic carbocycles. The van der Waals surface area contributed by atoms with Crippen molar-refractivity contribution in [3.8, 4) is 0 Å². The Labute approximate surface area is 127 Å². The van der Waals surface area contributed by atoms with Gasteiger partial charge in [-0.2, -0.15) is 0 Å². The highest BCUT2D eigenvalue weighted by molar-refractivity contribution is 5.95. The molecule has 1 aromatic heterocycles. The summed E-state index contributed by atoms with van der Waals surface area (Å²) in [7, 11) is 1.69. The lowest BCUT2D eigenvalue weighted by atomic mass is 10.1. The summed E-state index contributed by atoms with van der Waals surface area (Å²) in [6.45, 7) is 6.40. The number of hydrogen-bond donors (Lipinski definition) is 2. The Morgan fingerprint density at radius 1 is 1.24 bits per heavy atom. The van der Waals surface area contributed by atoms with Crippen LogP contribution in [0.25, 0.3) is 0 Å². The van der Waals surface area contributed by atoms with E-state index >= 15 is 0 Å². The predicted octanol–water partition coefficient (Wildman–Crippen LogP) is 2.62. The number of nitrogens with zero attached hydrogens (tertiary/aromatic N) is 1. The van der Waals surface area contributed by atoms with Crippen molar-refractivity contribution in [1.82, 2.24) is 10.3 Å². The second-order valence-corrected chi connectivity index (χ2v) is 4.97. The number of methoxy groups -OCH3 is 1. The summed E-state index contributed by atoms with van der Waals surface area (Å²) in [5.41, 5.74) is 1.60. The van der Waals surface area contributed by atoms with Crippen LogP contribution in [0.5, 0.6) is 0 Å². The fraction of sp³-hybridized carbons (Fsp3) is 0.625. The molecule has 0 aliphatic rings. The molecule has 0 unspecified atom stereocenters. The molecule has 1 rings (SSSR count). The average molecular weight is 293 g/mol. The molecular formula is C16H27N3O2. The molecule has 0 saturated carbocycles. The number of pyridine rings is 1. The molecule has 1 amide bonds. The molecule has 0 saturated heterocycles. The van der Waals surface area contributed by atoms with Gasteiger partial charge >= 0.3 is 0 Å². The molecule has 0 aliphatic carbocycles. The van der Waals surface area contributed by atoms with Crippen LogP contribution in [0.3, 0.4) is 0 Å². The molecule has 2 N–H and O–H groups in total. The summed E-state index contributed by atoms with van der Waals surface area (Å²) < 4.78 is 4.99. The molecule has 0 atom stereocenters. The van der Waals surface area contributed by atoms with E-state index in [9.17, 15) is 4.79 Å². The van der Waals surface area contributed by atoms with E-state index in [1.54, 1.807) is 7.11 Å². The first kappa shape index (κ1) is 17.4. The minimum absolute atomic E-state index is 0.0379. The number of carbonyl (C=O) groups is 1. The van der Waals surface area contributed by atoms with Crippen LogP contribution < -0.4 is 10.6 Å². The molecule has 1 heterocycles. The molecule has 0 bridgehead atoms. The molecule has 21 heavy (non-hydrogen) atoms. The first-order chi connectivity index (χ1) is 10.2. The van der Waals surface area contributed by atoms with Crippen LogP contribution in [0, 0.1) is 0 Å². The Balaban J connectivity index is 2.60. The van der Waals surface area contributed by atoms with Crippen molar-refractivity contribution in [3.63, 3.8) is 0 Å². The highest BCUT2D eigenvalue weighted by Crippen LogP contribution is 2.11. The van der Waals surface area contributed by atoms with E-state index in [0.717, 1.165) is 50.3 Å². The number of amides is 1. The van der Waals surface area contributed by atoms with Gasteiger partial charge in [-0.25, -0.2) is 4.98 Å². The number of rotatable bonds is 10. The summed E-state index contributed by atoms with van der Waals surface area (Å²) in [5, 5.41) is 6.18. The Bertz CT molecular complexity index is 436. The molecular weight excluding hydrogens is 266 g/mol. The summed E-state index contributed by atoms with van der Waals surface area (Å²) in [6, 6.07) is 3.68. The van der Waals surface area contributed by atoms with Crippen LogP contribution >= 0.6 is 0 Å². The van der Waals surface area contributed by atoms with Gasteiger partial charge in [0.25, 0.3) is 5.91 Å². The Morgan fingerprint density at radius 2 is 2.05 bits per heavy atom. The summed E-state index contributed by atoms with van der Waals surface area (Å²) in [6.07, 6.45) is 3.72. The average Bonchev–Trinajstić information content (AvgIpc) is 2.52. The van der Waals surface area contributed by atoms with Gasteiger partial charge in [0.15, 0.2) is 0 Å². The van der Waals surface area contributed by atoms with Crippen molar-refractivity contribution in [1.29, 1.82) is 0 Å². The Kier molecular flexibility index (Phi) is 8.43. The van der Waals surface area contributed by atoms with Crippen molar-refractivity contribution in [2.75, 3.05) is 32.1 Å². The summed E-state index contributed by atoms with van der Waals surface area (Å²) in [4.78, 5) is 16.7. The smallest absolute Gasteiger partial charge is 0.251 e. The number of ether oxygens (including phenoxy) is 1. The van der Waals surface area contributed by atoms with Gasteiger partial charge < -0.3 is 15.4 Å². The lowest BCUT2D eigenvalue weighted by Crippen LogP contribution is -2.25. The SMILES string of the molecule is CCCNc1cc(C(=O)NCCCCOC)cc(CC)n1. The number of unbranched alkanes of at least 4 members (excludes halogenated alkanes) is 1. The van der Waals surface area contributed by atoms with E-state index in [2.05, 4.69) is 22.5 Å². The highest BCUT2D eigenvalue weighted by atomic mass is 16.5. The van der Waals surface area contributed by atoms with Crippen molar-refractivity contribution in [2.24, 2.45) is 0 Å². The van der Waals surface area contributed by atoms with Gasteiger partial charge in [0.2, 0.25) is 0 Å². The van der Waals surface area contributed by atoms with Gasteiger partial charge in [0, 0.05) is 38.1 Å². The van der Waals surface area contributed by atoms with Crippen molar-refractivity contribution < 1.29 is 9.53 Å². The van der Waals surface area contributed by atoms with E-state index in [1.807, 2.05) is 19.1 Å². The topological polar surface area (TPSA) is 63.2 Å². The molecule has 0 fully saturated rings. The van der Waals surface area contributed by atoms with Crippen LogP contribution in [0.4, 0.5) is 5.82 Å². The van der Waals surface area contributed by atoms with Crippen LogP contribution in [0.15, 0.2) is 12.1 Å². The van der Waals surface area contributed by atoms with Crippen LogP contribution in [-0.2, 0) is 11.2 Å². The largest absolute Gasteiger partial charge is 0.385 e. The Hall–Kier alpha value is -1.62. The number of carbonyl (C=O) groups excluding carboxylic acids is 1. The molecule has 1 aromatic rings. The van der Waals surface area contributed by atoms with Crippen LogP contribution in [0.1, 0.15) is 49.2 Å². The van der Waals surface area contributed by atoms with Crippen molar-refractivity contribution in [3.05, 3.63) is 23.4 Å². The summed E-state index contributed by atoms with van der Waals surface area (Å²) in [5.74, 6) is 0.741. The maximum atomic E-state index is 12.2. The van der Waals surface area contributed by atoms with Gasteiger partial charge in [-0.05, 0) is 37.8 Å². The van der Waals surface area contributed by atoms with E-state index in [4.69, 9.17) is 4.74 Å². The first-order valence-electron chi connectivity index (χ1n) is 7.73. The van der Waals surface area contributed by atoms with Crippen LogP contribution in [-0.4, -0.2) is 37.7 Å². The number of aromatic nitrogens is 1. The zero-order valence-electron chi connectivity index (χ0n) is 13.4. The van der Waals surface area contributed by atoms with Gasteiger partial charge in [-0.3, -0.25) is 4.79 Å². The molecule has 0 radical (unpaired) electrons.